The Kier molecular flexibility index (Phi) is 6.37. The van der Waals surface area contributed by atoms with Crippen molar-refractivity contribution in [2.45, 2.75) is 46.1 Å². The number of carbonyl (C=O) groups excluding carboxylic acids is 2. The number of hydrogen-bond donors (Lipinski definition) is 2. The molecule has 0 fully saturated rings. The van der Waals surface area contributed by atoms with Crippen molar-refractivity contribution in [1.82, 2.24) is 5.32 Å². The molecule has 0 bridgehead atoms. The lowest BCUT2D eigenvalue weighted by Crippen LogP contribution is -2.47. The van der Waals surface area contributed by atoms with Gasteiger partial charge in [0.2, 0.25) is 5.91 Å². The molecule has 0 aliphatic rings. The van der Waals surface area contributed by atoms with E-state index in [0.717, 1.165) is 5.56 Å². The highest BCUT2D eigenvalue weighted by atomic mass is 19.1. The first-order valence-electron chi connectivity index (χ1n) is 9.07. The lowest BCUT2D eigenvalue weighted by molar-refractivity contribution is -0.118. The van der Waals surface area contributed by atoms with E-state index in [1.54, 1.807) is 6.07 Å². The van der Waals surface area contributed by atoms with Crippen LogP contribution >= 0.6 is 0 Å². The number of hydrogen-bond acceptors (Lipinski definition) is 2. The molecule has 0 radical (unpaired) electrons. The van der Waals surface area contributed by atoms with Crippen LogP contribution < -0.4 is 10.6 Å². The van der Waals surface area contributed by atoms with Gasteiger partial charge in [-0.1, -0.05) is 65.0 Å². The fraction of sp³-hybridized carbons (Fsp3) is 0.364. The van der Waals surface area contributed by atoms with E-state index < -0.39 is 17.8 Å². The molecule has 0 aliphatic carbocycles. The molecule has 2 N–H and O–H groups in total. The molecule has 0 saturated heterocycles. The molecule has 2 amide bonds. The van der Waals surface area contributed by atoms with Crippen LogP contribution in [0.25, 0.3) is 0 Å². The summed E-state index contributed by atoms with van der Waals surface area (Å²) in [6.45, 7) is 9.87. The number of halogens is 1. The predicted octanol–water partition coefficient (Wildman–Crippen LogP) is 4.52. The van der Waals surface area contributed by atoms with Crippen molar-refractivity contribution in [3.8, 4) is 0 Å². The average Bonchev–Trinajstić information content (AvgIpc) is 2.59. The van der Waals surface area contributed by atoms with Crippen LogP contribution in [-0.2, 0) is 10.2 Å². The number of anilines is 1. The molecule has 0 unspecified atom stereocenters. The van der Waals surface area contributed by atoms with Crippen LogP contribution in [0.4, 0.5) is 10.1 Å². The van der Waals surface area contributed by atoms with Crippen LogP contribution in [0.3, 0.4) is 0 Å². The van der Waals surface area contributed by atoms with Gasteiger partial charge < -0.3 is 10.6 Å². The molecule has 2 aromatic carbocycles. The van der Waals surface area contributed by atoms with Crippen molar-refractivity contribution < 1.29 is 14.0 Å². The van der Waals surface area contributed by atoms with Crippen LogP contribution in [0.1, 0.15) is 50.5 Å². The van der Waals surface area contributed by atoms with Gasteiger partial charge in [-0.05, 0) is 35.1 Å². The van der Waals surface area contributed by atoms with Crippen molar-refractivity contribution >= 4 is 17.5 Å². The first kappa shape index (κ1) is 20.6. The van der Waals surface area contributed by atoms with Crippen LogP contribution in [-0.4, -0.2) is 17.9 Å². The second kappa shape index (κ2) is 8.33. The van der Waals surface area contributed by atoms with Gasteiger partial charge in [0.15, 0.2) is 0 Å². The van der Waals surface area contributed by atoms with Crippen LogP contribution in [0, 0.1) is 11.7 Å². The molecule has 1 atom stereocenters. The number of para-hydroxylation sites is 1. The summed E-state index contributed by atoms with van der Waals surface area (Å²) in [6, 6.07) is 12.5. The molecule has 5 heteroatoms. The number of carbonyl (C=O) groups is 2. The highest BCUT2D eigenvalue weighted by Crippen LogP contribution is 2.29. The fourth-order valence-corrected chi connectivity index (χ4v) is 2.86. The highest BCUT2D eigenvalue weighted by molar-refractivity contribution is 6.01. The largest absolute Gasteiger partial charge is 0.340 e. The van der Waals surface area contributed by atoms with Gasteiger partial charge >= 0.3 is 0 Å². The third-order valence-electron chi connectivity index (χ3n) is 4.35. The molecular formula is C22H27FN2O2. The zero-order chi connectivity index (χ0) is 20.2. The van der Waals surface area contributed by atoms with E-state index in [-0.39, 0.29) is 22.8 Å². The molecule has 0 aliphatic heterocycles. The second-order valence-electron chi connectivity index (χ2n) is 7.96. The normalized spacial score (nSPS) is 12.6. The van der Waals surface area contributed by atoms with Gasteiger partial charge in [-0.3, -0.25) is 9.59 Å². The van der Waals surface area contributed by atoms with E-state index in [9.17, 15) is 14.0 Å². The Balaban J connectivity index is 2.22. The first-order valence-corrected chi connectivity index (χ1v) is 9.07. The maximum Gasteiger partial charge on any atom is 0.254 e. The van der Waals surface area contributed by atoms with Gasteiger partial charge in [-0.25, -0.2) is 4.39 Å². The third kappa shape index (κ3) is 5.16. The molecule has 0 aromatic heterocycles. The van der Waals surface area contributed by atoms with Gasteiger partial charge in [0.1, 0.15) is 11.9 Å². The lowest BCUT2D eigenvalue weighted by atomic mass is 9.85. The molecule has 0 saturated carbocycles. The Hall–Kier alpha value is -2.69. The van der Waals surface area contributed by atoms with Crippen molar-refractivity contribution in [2.24, 2.45) is 5.92 Å². The van der Waals surface area contributed by atoms with Gasteiger partial charge in [0.05, 0.1) is 5.56 Å². The van der Waals surface area contributed by atoms with Crippen LogP contribution in [0.15, 0.2) is 48.5 Å². The van der Waals surface area contributed by atoms with Gasteiger partial charge in [0.25, 0.3) is 5.91 Å². The summed E-state index contributed by atoms with van der Waals surface area (Å²) >= 11 is 0. The Morgan fingerprint density at radius 2 is 1.56 bits per heavy atom. The quantitative estimate of drug-likeness (QED) is 0.813. The Morgan fingerprint density at radius 1 is 0.963 bits per heavy atom. The first-order chi connectivity index (χ1) is 12.6. The van der Waals surface area contributed by atoms with Gasteiger partial charge in [-0.2, -0.15) is 0 Å². The molecule has 2 aromatic rings. The number of benzene rings is 2. The minimum absolute atomic E-state index is 0.0777. The maximum absolute atomic E-state index is 13.9. The zero-order valence-corrected chi connectivity index (χ0v) is 16.5. The topological polar surface area (TPSA) is 58.2 Å². The predicted molar refractivity (Wildman–Crippen MR) is 106 cm³/mol. The van der Waals surface area contributed by atoms with E-state index in [2.05, 4.69) is 31.4 Å². The minimum atomic E-state index is -0.787. The van der Waals surface area contributed by atoms with Crippen molar-refractivity contribution in [2.75, 3.05) is 5.32 Å². The number of nitrogens with one attached hydrogen (secondary N) is 2. The Morgan fingerprint density at radius 3 is 2.15 bits per heavy atom. The summed E-state index contributed by atoms with van der Waals surface area (Å²) in [7, 11) is 0. The standard InChI is InChI=1S/C22H27FN2O2/c1-14(2)19(25-20(26)15-10-6-8-12-17(15)23)21(27)24-18-13-9-7-11-16(18)22(3,4)5/h6-14,19H,1-5H3,(H,24,27)(H,25,26)/t19-/m0/s1. The monoisotopic (exact) mass is 370 g/mol. The molecule has 4 nitrogen and oxygen atoms in total. The molecule has 2 rings (SSSR count). The van der Waals surface area contributed by atoms with E-state index in [1.807, 2.05) is 38.1 Å². The zero-order valence-electron chi connectivity index (χ0n) is 16.5. The summed E-state index contributed by atoms with van der Waals surface area (Å²) in [5.74, 6) is -1.71. The van der Waals surface area contributed by atoms with E-state index in [0.29, 0.717) is 5.69 Å². The highest BCUT2D eigenvalue weighted by Gasteiger charge is 2.27. The summed E-state index contributed by atoms with van der Waals surface area (Å²) in [5, 5.41) is 5.58. The summed E-state index contributed by atoms with van der Waals surface area (Å²) in [6.07, 6.45) is 0. The molecule has 0 spiro atoms. The Bertz CT molecular complexity index is 825. The van der Waals surface area contributed by atoms with Crippen molar-refractivity contribution in [3.63, 3.8) is 0 Å². The van der Waals surface area contributed by atoms with Crippen molar-refractivity contribution in [3.05, 3.63) is 65.5 Å². The van der Waals surface area contributed by atoms with Gasteiger partial charge in [-0.15, -0.1) is 0 Å². The molecular weight excluding hydrogens is 343 g/mol. The molecule has 0 heterocycles. The van der Waals surface area contributed by atoms with Crippen LogP contribution in [0.2, 0.25) is 0 Å². The number of rotatable bonds is 5. The van der Waals surface area contributed by atoms with E-state index in [1.165, 1.54) is 18.2 Å². The van der Waals surface area contributed by atoms with Gasteiger partial charge in [0, 0.05) is 5.69 Å². The second-order valence-corrected chi connectivity index (χ2v) is 7.96. The minimum Gasteiger partial charge on any atom is -0.340 e. The third-order valence-corrected chi connectivity index (χ3v) is 4.35. The smallest absolute Gasteiger partial charge is 0.254 e. The maximum atomic E-state index is 13.9. The van der Waals surface area contributed by atoms with E-state index in [4.69, 9.17) is 0 Å². The summed E-state index contributed by atoms with van der Waals surface area (Å²) < 4.78 is 13.9. The average molecular weight is 370 g/mol. The Labute approximate surface area is 160 Å². The molecule has 144 valence electrons. The van der Waals surface area contributed by atoms with Crippen molar-refractivity contribution in [1.29, 1.82) is 0 Å². The number of amides is 2. The summed E-state index contributed by atoms with van der Waals surface area (Å²) in [4.78, 5) is 25.3. The molecule has 27 heavy (non-hydrogen) atoms. The fourth-order valence-electron chi connectivity index (χ4n) is 2.86. The van der Waals surface area contributed by atoms with Crippen LogP contribution in [0.5, 0.6) is 0 Å². The lowest BCUT2D eigenvalue weighted by Gasteiger charge is -2.26. The summed E-state index contributed by atoms with van der Waals surface area (Å²) in [5.41, 5.74) is 1.49. The SMILES string of the molecule is CC(C)[C@H](NC(=O)c1ccccc1F)C(=O)Nc1ccccc1C(C)(C)C. The van der Waals surface area contributed by atoms with E-state index >= 15 is 0 Å².